The largest absolute Gasteiger partial charge is 0.466 e. The van der Waals surface area contributed by atoms with Gasteiger partial charge in [-0.05, 0) is 17.5 Å². The van der Waals surface area contributed by atoms with Crippen molar-refractivity contribution >= 4 is 23.9 Å². The number of methoxy groups -OCH3 is 1. The lowest BCUT2D eigenvalue weighted by Crippen LogP contribution is -2.50. The van der Waals surface area contributed by atoms with Crippen LogP contribution >= 0.6 is 0 Å². The summed E-state index contributed by atoms with van der Waals surface area (Å²) in [6.45, 7) is 0.0510. The van der Waals surface area contributed by atoms with E-state index >= 15 is 0 Å². The molecule has 0 radical (unpaired) electrons. The zero-order valence-corrected chi connectivity index (χ0v) is 18.9. The second kappa shape index (κ2) is 14.1. The maximum atomic E-state index is 13.1. The van der Waals surface area contributed by atoms with Crippen molar-refractivity contribution in [3.05, 3.63) is 83.9 Å². The summed E-state index contributed by atoms with van der Waals surface area (Å²) >= 11 is 0. The van der Waals surface area contributed by atoms with Crippen molar-refractivity contribution in [3.63, 3.8) is 0 Å². The summed E-state index contributed by atoms with van der Waals surface area (Å²) in [5.74, 6) is -1.67. The van der Waals surface area contributed by atoms with E-state index < -0.39 is 36.0 Å². The van der Waals surface area contributed by atoms with E-state index in [1.807, 2.05) is 60.7 Å². The molecule has 0 saturated carbocycles. The first-order chi connectivity index (χ1) is 16.4. The third kappa shape index (κ3) is 9.99. The monoisotopic (exact) mass is 467 g/mol. The van der Waals surface area contributed by atoms with Crippen LogP contribution in [0.25, 0.3) is 0 Å². The van der Waals surface area contributed by atoms with Crippen LogP contribution in [0.1, 0.15) is 24.0 Å². The number of nitrogens with two attached hydrogens (primary N) is 1. The van der Waals surface area contributed by atoms with Crippen molar-refractivity contribution in [2.45, 2.75) is 38.0 Å². The van der Waals surface area contributed by atoms with Crippen molar-refractivity contribution in [2.24, 2.45) is 5.73 Å². The van der Waals surface area contributed by atoms with Crippen LogP contribution in [-0.2, 0) is 36.9 Å². The minimum atomic E-state index is -0.965. The number of benzene rings is 2. The van der Waals surface area contributed by atoms with Crippen molar-refractivity contribution in [1.82, 2.24) is 10.6 Å². The number of primary amides is 1. The average molecular weight is 468 g/mol. The number of carbonyl (C=O) groups is 4. The molecule has 2 aromatic rings. The van der Waals surface area contributed by atoms with Gasteiger partial charge in [0.2, 0.25) is 11.8 Å². The predicted octanol–water partition coefficient (Wildman–Crippen LogP) is 2.00. The van der Waals surface area contributed by atoms with Crippen LogP contribution < -0.4 is 16.4 Å². The molecule has 0 aliphatic heterocycles. The highest BCUT2D eigenvalue weighted by molar-refractivity contribution is 5.87. The normalized spacial score (nSPS) is 12.4. The second-order valence-corrected chi connectivity index (χ2v) is 7.45. The summed E-state index contributed by atoms with van der Waals surface area (Å²) < 4.78 is 9.83. The van der Waals surface area contributed by atoms with Gasteiger partial charge in [-0.3, -0.25) is 9.59 Å². The molecular formula is C25H29N3O6. The Balaban J connectivity index is 2.10. The van der Waals surface area contributed by atoms with Gasteiger partial charge in [-0.2, -0.15) is 0 Å². The smallest absolute Gasteiger partial charge is 0.408 e. The van der Waals surface area contributed by atoms with Crippen molar-refractivity contribution in [3.8, 4) is 0 Å². The van der Waals surface area contributed by atoms with Crippen molar-refractivity contribution < 1.29 is 28.7 Å². The lowest BCUT2D eigenvalue weighted by molar-refractivity contribution is -0.135. The third-order valence-corrected chi connectivity index (χ3v) is 4.80. The van der Waals surface area contributed by atoms with E-state index in [0.29, 0.717) is 0 Å². The van der Waals surface area contributed by atoms with E-state index in [1.54, 1.807) is 0 Å². The molecule has 9 heteroatoms. The Morgan fingerprint density at radius 2 is 1.56 bits per heavy atom. The number of hydrogen-bond donors (Lipinski definition) is 3. The summed E-state index contributed by atoms with van der Waals surface area (Å²) in [4.78, 5) is 48.2. The lowest BCUT2D eigenvalue weighted by Gasteiger charge is -2.22. The van der Waals surface area contributed by atoms with Gasteiger partial charge >= 0.3 is 12.1 Å². The van der Waals surface area contributed by atoms with E-state index in [1.165, 1.54) is 13.2 Å². The van der Waals surface area contributed by atoms with Gasteiger partial charge in [0.25, 0.3) is 0 Å². The fourth-order valence-corrected chi connectivity index (χ4v) is 3.03. The first-order valence-electron chi connectivity index (χ1n) is 10.7. The second-order valence-electron chi connectivity index (χ2n) is 7.45. The van der Waals surface area contributed by atoms with Gasteiger partial charge in [-0.1, -0.05) is 66.7 Å². The van der Waals surface area contributed by atoms with Crippen molar-refractivity contribution in [2.75, 3.05) is 7.11 Å². The van der Waals surface area contributed by atoms with Crippen LogP contribution in [0.5, 0.6) is 0 Å². The molecule has 2 unspecified atom stereocenters. The van der Waals surface area contributed by atoms with Crippen molar-refractivity contribution in [1.29, 1.82) is 0 Å². The zero-order chi connectivity index (χ0) is 24.8. The fourth-order valence-electron chi connectivity index (χ4n) is 3.03. The van der Waals surface area contributed by atoms with Gasteiger partial charge < -0.3 is 25.8 Å². The Kier molecular flexibility index (Phi) is 10.8. The Bertz CT molecular complexity index is 979. The van der Waals surface area contributed by atoms with E-state index in [2.05, 4.69) is 15.4 Å². The molecule has 0 aliphatic carbocycles. The minimum absolute atomic E-state index is 0.00758. The fraction of sp³-hybridized carbons (Fsp3) is 0.280. The topological polar surface area (TPSA) is 137 Å². The highest BCUT2D eigenvalue weighted by Crippen LogP contribution is 2.07. The molecule has 180 valence electrons. The highest BCUT2D eigenvalue weighted by Gasteiger charge is 2.24. The molecule has 2 rings (SSSR count). The lowest BCUT2D eigenvalue weighted by atomic mass is 10.0. The van der Waals surface area contributed by atoms with Gasteiger partial charge in [-0.25, -0.2) is 9.59 Å². The predicted molar refractivity (Wildman–Crippen MR) is 125 cm³/mol. The average Bonchev–Trinajstić information content (AvgIpc) is 2.84. The Labute approximate surface area is 198 Å². The molecule has 0 bridgehead atoms. The first-order valence-corrected chi connectivity index (χ1v) is 10.7. The summed E-state index contributed by atoms with van der Waals surface area (Å²) in [5.41, 5.74) is 6.85. The minimum Gasteiger partial charge on any atom is -0.466 e. The molecule has 0 saturated heterocycles. The quantitative estimate of drug-likeness (QED) is 0.323. The molecule has 34 heavy (non-hydrogen) atoms. The number of carbonyl (C=O) groups excluding carboxylic acids is 4. The molecule has 2 atom stereocenters. The molecule has 0 aromatic heterocycles. The molecule has 0 fully saturated rings. The number of alkyl carbamates (subject to hydrolysis) is 1. The van der Waals surface area contributed by atoms with E-state index in [0.717, 1.165) is 17.2 Å². The summed E-state index contributed by atoms with van der Waals surface area (Å²) in [5, 5.41) is 5.34. The van der Waals surface area contributed by atoms with Crippen LogP contribution in [0.2, 0.25) is 0 Å². The SMILES string of the molecule is COC(=O)/C=C/C(CCC(N)=O)NC(=O)C(Cc1ccccc1)NC(=O)OCc1ccccc1. The van der Waals surface area contributed by atoms with E-state index in [-0.39, 0.29) is 25.9 Å². The molecule has 0 heterocycles. The van der Waals surface area contributed by atoms with Gasteiger partial charge in [0.15, 0.2) is 0 Å². The number of ether oxygens (including phenoxy) is 2. The summed E-state index contributed by atoms with van der Waals surface area (Å²) in [6.07, 6.45) is 2.19. The van der Waals surface area contributed by atoms with Crippen LogP contribution in [0.3, 0.4) is 0 Å². The summed E-state index contributed by atoms with van der Waals surface area (Å²) in [7, 11) is 1.23. The zero-order valence-electron chi connectivity index (χ0n) is 18.9. The third-order valence-electron chi connectivity index (χ3n) is 4.80. The van der Waals surface area contributed by atoms with Gasteiger partial charge in [-0.15, -0.1) is 0 Å². The van der Waals surface area contributed by atoms with E-state index in [9.17, 15) is 19.2 Å². The standard InChI is InChI=1S/C25H29N3O6/c1-33-23(30)15-13-20(12-14-22(26)29)27-24(31)21(16-18-8-4-2-5-9-18)28-25(32)34-17-19-10-6-3-7-11-19/h2-11,13,15,20-21H,12,14,16-17H2,1H3,(H2,26,29)(H,27,31)(H,28,32)/b15-13+. The molecule has 9 nitrogen and oxygen atoms in total. The van der Waals surface area contributed by atoms with Crippen LogP contribution in [0.4, 0.5) is 4.79 Å². The Morgan fingerprint density at radius 3 is 2.15 bits per heavy atom. The number of hydrogen-bond acceptors (Lipinski definition) is 6. The van der Waals surface area contributed by atoms with Gasteiger partial charge in [0.05, 0.1) is 7.11 Å². The Hall–Kier alpha value is -4.14. The van der Waals surface area contributed by atoms with Gasteiger partial charge in [0, 0.05) is 25.0 Å². The molecule has 0 spiro atoms. The molecule has 0 aliphatic rings. The molecule has 2 aromatic carbocycles. The first kappa shape index (κ1) is 26.1. The van der Waals surface area contributed by atoms with Crippen LogP contribution in [-0.4, -0.2) is 43.1 Å². The molecular weight excluding hydrogens is 438 g/mol. The van der Waals surface area contributed by atoms with Crippen LogP contribution in [0.15, 0.2) is 72.8 Å². The number of esters is 1. The van der Waals surface area contributed by atoms with Gasteiger partial charge in [0.1, 0.15) is 12.6 Å². The maximum Gasteiger partial charge on any atom is 0.408 e. The number of nitrogens with one attached hydrogen (secondary N) is 2. The number of amides is 3. The van der Waals surface area contributed by atoms with Crippen LogP contribution in [0, 0.1) is 0 Å². The Morgan fingerprint density at radius 1 is 0.941 bits per heavy atom. The molecule has 4 N–H and O–H groups in total. The van der Waals surface area contributed by atoms with E-state index in [4.69, 9.17) is 10.5 Å². The molecule has 3 amide bonds. The summed E-state index contributed by atoms with van der Waals surface area (Å²) in [6, 6.07) is 16.7. The highest BCUT2D eigenvalue weighted by atomic mass is 16.5. The number of rotatable bonds is 12. The maximum absolute atomic E-state index is 13.1.